The van der Waals surface area contributed by atoms with Crippen molar-refractivity contribution in [1.82, 2.24) is 10.3 Å². The number of anilines is 1. The van der Waals surface area contributed by atoms with E-state index in [9.17, 15) is 13.2 Å². The van der Waals surface area contributed by atoms with Crippen LogP contribution in [0.2, 0.25) is 0 Å². The van der Waals surface area contributed by atoms with E-state index in [1.54, 1.807) is 61.8 Å². The average Bonchev–Trinajstić information content (AvgIpc) is 2.72. The van der Waals surface area contributed by atoms with Gasteiger partial charge in [-0.05, 0) is 67.4 Å². The van der Waals surface area contributed by atoms with Gasteiger partial charge in [-0.1, -0.05) is 17.7 Å². The molecule has 0 aliphatic carbocycles. The van der Waals surface area contributed by atoms with Gasteiger partial charge in [0.25, 0.3) is 15.9 Å². The van der Waals surface area contributed by atoms with E-state index in [1.165, 1.54) is 11.4 Å². The summed E-state index contributed by atoms with van der Waals surface area (Å²) in [5.74, 6) is -0.222. The van der Waals surface area contributed by atoms with Gasteiger partial charge in [0.05, 0.1) is 10.6 Å². The van der Waals surface area contributed by atoms with Crippen LogP contribution in [-0.2, 0) is 16.6 Å². The molecular weight excluding hydrogens is 386 g/mol. The third kappa shape index (κ3) is 4.63. The number of hydrogen-bond acceptors (Lipinski definition) is 4. The smallest absolute Gasteiger partial charge is 0.264 e. The molecule has 0 saturated carbocycles. The van der Waals surface area contributed by atoms with Crippen LogP contribution in [0.3, 0.4) is 0 Å². The van der Waals surface area contributed by atoms with Crippen molar-refractivity contribution in [1.29, 1.82) is 0 Å². The number of rotatable bonds is 6. The highest BCUT2D eigenvalue weighted by Crippen LogP contribution is 2.26. The predicted octanol–water partition coefficient (Wildman–Crippen LogP) is 3.45. The molecule has 3 rings (SSSR count). The molecule has 1 heterocycles. The van der Waals surface area contributed by atoms with Crippen molar-refractivity contribution in [3.8, 4) is 0 Å². The maximum atomic E-state index is 12.9. The molecule has 3 aromatic rings. The summed E-state index contributed by atoms with van der Waals surface area (Å²) in [6.07, 6.45) is 3.34. The molecule has 6 nitrogen and oxygen atoms in total. The fourth-order valence-electron chi connectivity index (χ4n) is 2.93. The Labute approximate surface area is 171 Å². The Morgan fingerprint density at radius 1 is 1.00 bits per heavy atom. The molecule has 0 fully saturated rings. The second-order valence-electron chi connectivity index (χ2n) is 6.82. The van der Waals surface area contributed by atoms with Crippen LogP contribution in [-0.4, -0.2) is 26.4 Å². The first-order valence-corrected chi connectivity index (χ1v) is 10.6. The van der Waals surface area contributed by atoms with Crippen LogP contribution in [0.15, 0.2) is 71.9 Å². The minimum atomic E-state index is -3.68. The van der Waals surface area contributed by atoms with Crippen LogP contribution in [0.25, 0.3) is 0 Å². The first-order valence-electron chi connectivity index (χ1n) is 9.12. The van der Waals surface area contributed by atoms with Crippen molar-refractivity contribution in [2.75, 3.05) is 11.4 Å². The van der Waals surface area contributed by atoms with E-state index in [1.807, 2.05) is 19.1 Å². The zero-order valence-electron chi connectivity index (χ0n) is 16.6. The lowest BCUT2D eigenvalue weighted by Crippen LogP contribution is -2.27. The summed E-state index contributed by atoms with van der Waals surface area (Å²) in [5.41, 5.74) is 3.63. The lowest BCUT2D eigenvalue weighted by Gasteiger charge is -2.22. The third-order valence-electron chi connectivity index (χ3n) is 4.68. The van der Waals surface area contributed by atoms with Gasteiger partial charge in [-0.15, -0.1) is 0 Å². The number of aryl methyl sites for hydroxylation is 2. The minimum absolute atomic E-state index is 0.222. The molecular formula is C22H23N3O3S. The number of benzene rings is 2. The molecule has 0 unspecified atom stereocenters. The van der Waals surface area contributed by atoms with E-state index in [0.29, 0.717) is 23.4 Å². The zero-order valence-corrected chi connectivity index (χ0v) is 17.4. The first-order chi connectivity index (χ1) is 13.8. The Hall–Kier alpha value is -3.19. The molecule has 0 saturated heterocycles. The molecule has 7 heteroatoms. The summed E-state index contributed by atoms with van der Waals surface area (Å²) in [4.78, 5) is 16.6. The second-order valence-corrected chi connectivity index (χ2v) is 8.79. The number of hydrogen-bond donors (Lipinski definition) is 1. The molecule has 2 aromatic carbocycles. The molecule has 1 aromatic heterocycles. The largest absolute Gasteiger partial charge is 0.348 e. The summed E-state index contributed by atoms with van der Waals surface area (Å²) >= 11 is 0. The molecule has 0 radical (unpaired) electrons. The number of amides is 1. The standard InChI is InChI=1S/C22H23N3O3S/c1-16-4-7-20(8-5-16)29(27,28)25(3)21-9-6-19(14-17(21)2)22(26)24-15-18-10-12-23-13-11-18/h4-14H,15H2,1-3H3,(H,24,26). The van der Waals surface area contributed by atoms with Crippen LogP contribution in [0.4, 0.5) is 5.69 Å². The molecule has 0 aliphatic rings. The summed E-state index contributed by atoms with van der Waals surface area (Å²) < 4.78 is 27.1. The van der Waals surface area contributed by atoms with E-state index >= 15 is 0 Å². The van der Waals surface area contributed by atoms with Gasteiger partial charge < -0.3 is 5.32 Å². The van der Waals surface area contributed by atoms with Gasteiger partial charge in [0.1, 0.15) is 0 Å². The van der Waals surface area contributed by atoms with Crippen molar-refractivity contribution < 1.29 is 13.2 Å². The summed E-state index contributed by atoms with van der Waals surface area (Å²) in [5, 5.41) is 2.85. The number of nitrogens with zero attached hydrogens (tertiary/aromatic N) is 2. The van der Waals surface area contributed by atoms with Gasteiger partial charge in [-0.25, -0.2) is 8.42 Å². The van der Waals surface area contributed by atoms with Crippen LogP contribution >= 0.6 is 0 Å². The Morgan fingerprint density at radius 3 is 2.28 bits per heavy atom. The van der Waals surface area contributed by atoms with E-state index in [2.05, 4.69) is 10.3 Å². The average molecular weight is 410 g/mol. The Balaban J connectivity index is 1.78. The van der Waals surface area contributed by atoms with Gasteiger partial charge in [0.15, 0.2) is 0 Å². The highest BCUT2D eigenvalue weighted by molar-refractivity contribution is 7.92. The van der Waals surface area contributed by atoms with Crippen LogP contribution in [0.5, 0.6) is 0 Å². The molecule has 150 valence electrons. The summed E-state index contributed by atoms with van der Waals surface area (Å²) in [6, 6.07) is 15.4. The van der Waals surface area contributed by atoms with Gasteiger partial charge in [0, 0.05) is 31.5 Å². The quantitative estimate of drug-likeness (QED) is 0.676. The maximum absolute atomic E-state index is 12.9. The highest BCUT2D eigenvalue weighted by Gasteiger charge is 2.22. The molecule has 1 amide bonds. The second kappa shape index (κ2) is 8.45. The van der Waals surface area contributed by atoms with Crippen molar-refractivity contribution >= 4 is 21.6 Å². The Morgan fingerprint density at radius 2 is 1.66 bits per heavy atom. The van der Waals surface area contributed by atoms with Crippen molar-refractivity contribution in [3.63, 3.8) is 0 Å². The fraction of sp³-hybridized carbons (Fsp3) is 0.182. The van der Waals surface area contributed by atoms with Crippen molar-refractivity contribution in [2.45, 2.75) is 25.3 Å². The minimum Gasteiger partial charge on any atom is -0.348 e. The lowest BCUT2D eigenvalue weighted by molar-refractivity contribution is 0.0951. The van der Waals surface area contributed by atoms with Gasteiger partial charge >= 0.3 is 0 Å². The van der Waals surface area contributed by atoms with E-state index in [-0.39, 0.29) is 10.8 Å². The number of carbonyl (C=O) groups excluding carboxylic acids is 1. The van der Waals surface area contributed by atoms with Crippen LogP contribution < -0.4 is 9.62 Å². The van der Waals surface area contributed by atoms with E-state index < -0.39 is 10.0 Å². The summed E-state index contributed by atoms with van der Waals surface area (Å²) in [6.45, 7) is 4.09. The summed E-state index contributed by atoms with van der Waals surface area (Å²) in [7, 11) is -2.17. The van der Waals surface area contributed by atoms with Crippen LogP contribution in [0.1, 0.15) is 27.0 Å². The Bertz CT molecular complexity index is 1110. The number of carbonyl (C=O) groups is 1. The van der Waals surface area contributed by atoms with E-state index in [4.69, 9.17) is 0 Å². The highest BCUT2D eigenvalue weighted by atomic mass is 32.2. The predicted molar refractivity (Wildman–Crippen MR) is 113 cm³/mol. The SMILES string of the molecule is Cc1ccc(S(=O)(=O)N(C)c2ccc(C(=O)NCc3ccncc3)cc2C)cc1. The number of nitrogens with one attached hydrogen (secondary N) is 1. The van der Waals surface area contributed by atoms with Gasteiger partial charge in [-0.2, -0.15) is 0 Å². The molecule has 29 heavy (non-hydrogen) atoms. The molecule has 0 atom stereocenters. The molecule has 0 spiro atoms. The van der Waals surface area contributed by atoms with Crippen molar-refractivity contribution in [3.05, 3.63) is 89.2 Å². The monoisotopic (exact) mass is 409 g/mol. The van der Waals surface area contributed by atoms with Gasteiger partial charge in [0.2, 0.25) is 0 Å². The maximum Gasteiger partial charge on any atom is 0.264 e. The molecule has 0 aliphatic heterocycles. The number of sulfonamides is 1. The first kappa shape index (κ1) is 20.5. The lowest BCUT2D eigenvalue weighted by atomic mass is 10.1. The van der Waals surface area contributed by atoms with E-state index in [0.717, 1.165) is 11.1 Å². The topological polar surface area (TPSA) is 79.4 Å². The third-order valence-corrected chi connectivity index (χ3v) is 6.47. The normalized spacial score (nSPS) is 11.1. The molecule has 0 bridgehead atoms. The number of pyridine rings is 1. The molecule has 1 N–H and O–H groups in total. The zero-order chi connectivity index (χ0) is 21.0. The van der Waals surface area contributed by atoms with Crippen LogP contribution in [0, 0.1) is 13.8 Å². The van der Waals surface area contributed by atoms with Crippen molar-refractivity contribution in [2.24, 2.45) is 0 Å². The number of aromatic nitrogens is 1. The fourth-order valence-corrected chi connectivity index (χ4v) is 4.19. The Kier molecular flexibility index (Phi) is 5.98. The van der Waals surface area contributed by atoms with Gasteiger partial charge in [-0.3, -0.25) is 14.1 Å².